The number of aromatic nitrogens is 1. The Morgan fingerprint density at radius 1 is 1.30 bits per heavy atom. The molecular formula is C13H13F3N2OS. The quantitative estimate of drug-likeness (QED) is 0.945. The second-order valence-electron chi connectivity index (χ2n) is 4.46. The highest BCUT2D eigenvalue weighted by Gasteiger charge is 2.37. The number of nitrogens with two attached hydrogens (primary N) is 1. The van der Waals surface area contributed by atoms with Gasteiger partial charge in [-0.05, 0) is 24.6 Å². The average Bonchev–Trinajstić information content (AvgIpc) is 2.89. The Morgan fingerprint density at radius 2 is 2.00 bits per heavy atom. The molecule has 108 valence electrons. The lowest BCUT2D eigenvalue weighted by Gasteiger charge is -2.23. The number of hydrogen-bond donors (Lipinski definition) is 1. The molecule has 7 heteroatoms. The van der Waals surface area contributed by atoms with Crippen molar-refractivity contribution >= 4 is 11.3 Å². The Bertz CT molecular complexity index is 608. The number of nitrogens with zero attached hydrogens (tertiary/aromatic N) is 1. The number of alkyl halides is 3. The highest BCUT2D eigenvalue weighted by molar-refractivity contribution is 7.11. The van der Waals surface area contributed by atoms with Crippen molar-refractivity contribution in [1.29, 1.82) is 0 Å². The molecule has 0 spiro atoms. The van der Waals surface area contributed by atoms with E-state index in [1.54, 1.807) is 31.2 Å². The smallest absolute Gasteiger partial charge is 0.443 e. The number of halogens is 3. The highest BCUT2D eigenvalue weighted by Crippen LogP contribution is 2.38. The number of ether oxygens (including phenoxy) is 1. The minimum Gasteiger partial charge on any atom is -0.497 e. The maximum absolute atomic E-state index is 12.6. The summed E-state index contributed by atoms with van der Waals surface area (Å²) in [4.78, 5) is 3.75. The van der Waals surface area contributed by atoms with Crippen LogP contribution in [0.1, 0.15) is 22.4 Å². The van der Waals surface area contributed by atoms with Crippen LogP contribution in [-0.4, -0.2) is 12.1 Å². The lowest BCUT2D eigenvalue weighted by Crippen LogP contribution is -2.33. The predicted molar refractivity (Wildman–Crippen MR) is 70.8 cm³/mol. The van der Waals surface area contributed by atoms with Crippen molar-refractivity contribution in [3.8, 4) is 5.75 Å². The first-order chi connectivity index (χ1) is 9.25. The Balaban J connectivity index is 2.41. The summed E-state index contributed by atoms with van der Waals surface area (Å²) < 4.78 is 42.9. The summed E-state index contributed by atoms with van der Waals surface area (Å²) in [6, 6.07) is 6.93. The van der Waals surface area contributed by atoms with Crippen molar-refractivity contribution in [2.45, 2.75) is 18.6 Å². The van der Waals surface area contributed by atoms with Crippen LogP contribution in [-0.2, 0) is 11.7 Å². The molecule has 2 N–H and O–H groups in total. The first kappa shape index (κ1) is 14.8. The van der Waals surface area contributed by atoms with E-state index in [0.717, 1.165) is 0 Å². The molecule has 0 bridgehead atoms. The van der Waals surface area contributed by atoms with Gasteiger partial charge in [-0.1, -0.05) is 12.1 Å². The van der Waals surface area contributed by atoms with Crippen molar-refractivity contribution < 1.29 is 17.9 Å². The minimum atomic E-state index is -4.45. The summed E-state index contributed by atoms with van der Waals surface area (Å²) >= 11 is 0.553. The first-order valence-corrected chi connectivity index (χ1v) is 6.53. The molecule has 0 aliphatic rings. The zero-order chi connectivity index (χ0) is 15.0. The van der Waals surface area contributed by atoms with Gasteiger partial charge in [0.1, 0.15) is 5.75 Å². The first-order valence-electron chi connectivity index (χ1n) is 5.72. The average molecular weight is 302 g/mol. The Morgan fingerprint density at radius 3 is 2.55 bits per heavy atom. The van der Waals surface area contributed by atoms with Crippen molar-refractivity contribution in [1.82, 2.24) is 4.98 Å². The largest absolute Gasteiger partial charge is 0.497 e. The van der Waals surface area contributed by atoms with E-state index < -0.39 is 16.7 Å². The maximum Gasteiger partial charge on any atom is 0.443 e. The molecule has 2 aromatic rings. The second kappa shape index (κ2) is 5.06. The van der Waals surface area contributed by atoms with Gasteiger partial charge in [-0.3, -0.25) is 0 Å². The van der Waals surface area contributed by atoms with Gasteiger partial charge in [0.15, 0.2) is 5.01 Å². The third kappa shape index (κ3) is 2.78. The molecule has 2 rings (SSSR count). The predicted octanol–water partition coefficient (Wildman–Crippen LogP) is 3.39. The fourth-order valence-corrected chi connectivity index (χ4v) is 2.60. The normalized spacial score (nSPS) is 14.9. The third-order valence-electron chi connectivity index (χ3n) is 2.93. The van der Waals surface area contributed by atoms with Crippen LogP contribution in [0, 0.1) is 0 Å². The van der Waals surface area contributed by atoms with Crippen LogP contribution in [0.15, 0.2) is 30.5 Å². The number of methoxy groups -OCH3 is 1. The van der Waals surface area contributed by atoms with Crippen LogP contribution in [0.2, 0.25) is 0 Å². The molecule has 1 unspecified atom stereocenters. The van der Waals surface area contributed by atoms with E-state index in [4.69, 9.17) is 10.5 Å². The van der Waals surface area contributed by atoms with E-state index in [1.807, 2.05) is 0 Å². The summed E-state index contributed by atoms with van der Waals surface area (Å²) in [5.74, 6) is 0.597. The van der Waals surface area contributed by atoms with Crippen LogP contribution in [0.5, 0.6) is 5.75 Å². The summed E-state index contributed by atoms with van der Waals surface area (Å²) in [7, 11) is 1.52. The molecule has 0 fully saturated rings. The molecule has 1 aromatic heterocycles. The standard InChI is InChI=1S/C13H13F3N2OS/c1-12(17,8-4-3-5-9(6-8)19-2)10-7-18-11(20-10)13(14,15)16/h3-7H,17H2,1-2H3. The lowest BCUT2D eigenvalue weighted by molar-refractivity contribution is -0.137. The molecule has 0 saturated carbocycles. The fourth-order valence-electron chi connectivity index (χ4n) is 1.73. The van der Waals surface area contributed by atoms with Gasteiger partial charge in [0, 0.05) is 11.1 Å². The summed E-state index contributed by atoms with van der Waals surface area (Å²) in [6.07, 6.45) is -3.28. The van der Waals surface area contributed by atoms with Crippen LogP contribution >= 0.6 is 11.3 Å². The fraction of sp³-hybridized carbons (Fsp3) is 0.308. The molecule has 0 aliphatic carbocycles. The van der Waals surface area contributed by atoms with Crippen LogP contribution in [0.4, 0.5) is 13.2 Å². The Labute approximate surface area is 118 Å². The molecule has 20 heavy (non-hydrogen) atoms. The summed E-state index contributed by atoms with van der Waals surface area (Å²) in [5.41, 5.74) is 5.79. The molecule has 0 amide bonds. The van der Waals surface area contributed by atoms with Gasteiger partial charge < -0.3 is 10.5 Å². The summed E-state index contributed by atoms with van der Waals surface area (Å²) in [5, 5.41) is -0.896. The van der Waals surface area contributed by atoms with Gasteiger partial charge in [0.25, 0.3) is 0 Å². The lowest BCUT2D eigenvalue weighted by atomic mass is 9.92. The van der Waals surface area contributed by atoms with Crippen molar-refractivity contribution in [3.05, 3.63) is 45.9 Å². The monoisotopic (exact) mass is 302 g/mol. The number of rotatable bonds is 3. The molecule has 1 atom stereocenters. The molecule has 3 nitrogen and oxygen atoms in total. The van der Waals surface area contributed by atoms with Gasteiger partial charge >= 0.3 is 6.18 Å². The molecule has 0 radical (unpaired) electrons. The molecule has 0 aliphatic heterocycles. The number of benzene rings is 1. The van der Waals surface area contributed by atoms with Crippen LogP contribution in [0.25, 0.3) is 0 Å². The van der Waals surface area contributed by atoms with Crippen LogP contribution in [0.3, 0.4) is 0 Å². The third-order valence-corrected chi connectivity index (χ3v) is 4.21. The van der Waals surface area contributed by atoms with Crippen molar-refractivity contribution in [2.75, 3.05) is 7.11 Å². The second-order valence-corrected chi connectivity index (χ2v) is 5.49. The van der Waals surface area contributed by atoms with E-state index in [1.165, 1.54) is 13.3 Å². The van der Waals surface area contributed by atoms with Gasteiger partial charge in [-0.15, -0.1) is 11.3 Å². The van der Waals surface area contributed by atoms with E-state index >= 15 is 0 Å². The molecular weight excluding hydrogens is 289 g/mol. The number of thiazole rings is 1. The zero-order valence-electron chi connectivity index (χ0n) is 10.9. The molecule has 0 saturated heterocycles. The number of hydrogen-bond acceptors (Lipinski definition) is 4. The van der Waals surface area contributed by atoms with Gasteiger partial charge in [-0.25, -0.2) is 4.98 Å². The van der Waals surface area contributed by atoms with Gasteiger partial charge in [-0.2, -0.15) is 13.2 Å². The van der Waals surface area contributed by atoms with Crippen molar-refractivity contribution in [2.24, 2.45) is 5.73 Å². The summed E-state index contributed by atoms with van der Waals surface area (Å²) in [6.45, 7) is 1.65. The topological polar surface area (TPSA) is 48.1 Å². The van der Waals surface area contributed by atoms with E-state index in [9.17, 15) is 13.2 Å². The van der Waals surface area contributed by atoms with E-state index in [-0.39, 0.29) is 0 Å². The van der Waals surface area contributed by atoms with E-state index in [2.05, 4.69) is 4.98 Å². The molecule has 1 heterocycles. The van der Waals surface area contributed by atoms with E-state index in [0.29, 0.717) is 27.5 Å². The Hall–Kier alpha value is -1.60. The van der Waals surface area contributed by atoms with Crippen molar-refractivity contribution in [3.63, 3.8) is 0 Å². The van der Waals surface area contributed by atoms with Crippen LogP contribution < -0.4 is 10.5 Å². The Kier molecular flexibility index (Phi) is 3.75. The van der Waals surface area contributed by atoms with Gasteiger partial charge in [0.2, 0.25) is 0 Å². The zero-order valence-corrected chi connectivity index (χ0v) is 11.7. The highest BCUT2D eigenvalue weighted by atomic mass is 32.1. The molecule has 1 aromatic carbocycles. The minimum absolute atomic E-state index is 0.345. The SMILES string of the molecule is COc1cccc(C(C)(N)c2cnc(C(F)(F)F)s2)c1. The maximum atomic E-state index is 12.6. The van der Waals surface area contributed by atoms with Gasteiger partial charge in [0.05, 0.1) is 12.6 Å².